The molecule has 0 amide bonds. The Balaban J connectivity index is 2.79. The molecule has 0 bridgehead atoms. The van der Waals surface area contributed by atoms with Crippen molar-refractivity contribution in [1.82, 2.24) is 9.78 Å². The van der Waals surface area contributed by atoms with E-state index in [1.807, 2.05) is 6.92 Å². The third-order valence-corrected chi connectivity index (χ3v) is 1.57. The molecular formula is C9H12N2O. The van der Waals surface area contributed by atoms with Gasteiger partial charge in [-0.15, -0.1) is 5.92 Å². The van der Waals surface area contributed by atoms with Crippen LogP contribution in [0.5, 0.6) is 0 Å². The van der Waals surface area contributed by atoms with Crippen LogP contribution >= 0.6 is 0 Å². The summed E-state index contributed by atoms with van der Waals surface area (Å²) in [5, 5.41) is 13.4. The van der Waals surface area contributed by atoms with Crippen LogP contribution in [0.4, 0.5) is 0 Å². The molecule has 0 saturated carbocycles. The molecule has 1 aromatic rings. The second kappa shape index (κ2) is 3.93. The molecule has 1 rings (SSSR count). The van der Waals surface area contributed by atoms with Crippen molar-refractivity contribution >= 4 is 0 Å². The third kappa shape index (κ3) is 1.86. The molecule has 3 heteroatoms. The molecule has 0 radical (unpaired) electrons. The molecule has 64 valence electrons. The predicted molar refractivity (Wildman–Crippen MR) is 46.3 cm³/mol. The number of nitrogens with zero attached hydrogens (tertiary/aromatic N) is 2. The molecule has 0 spiro atoms. The lowest BCUT2D eigenvalue weighted by Gasteiger charge is -1.96. The minimum atomic E-state index is -0.699. The molecule has 0 aliphatic carbocycles. The van der Waals surface area contributed by atoms with E-state index < -0.39 is 6.10 Å². The highest BCUT2D eigenvalue weighted by molar-refractivity contribution is 5.19. The Kier molecular flexibility index (Phi) is 2.89. The van der Waals surface area contributed by atoms with Crippen molar-refractivity contribution in [1.29, 1.82) is 0 Å². The molecule has 1 heterocycles. The van der Waals surface area contributed by atoms with Gasteiger partial charge in [0.1, 0.15) is 6.10 Å². The number of aryl methyl sites for hydroxylation is 1. The van der Waals surface area contributed by atoms with E-state index in [0.717, 1.165) is 12.1 Å². The Morgan fingerprint density at radius 1 is 1.75 bits per heavy atom. The van der Waals surface area contributed by atoms with Gasteiger partial charge in [0.15, 0.2) is 0 Å². The fraction of sp³-hybridized carbons (Fsp3) is 0.444. The summed E-state index contributed by atoms with van der Waals surface area (Å²) in [7, 11) is 0. The van der Waals surface area contributed by atoms with Crippen molar-refractivity contribution in [2.24, 2.45) is 0 Å². The Labute approximate surface area is 72.0 Å². The predicted octanol–water partition coefficient (Wildman–Crippen LogP) is 0.960. The van der Waals surface area contributed by atoms with Crippen LogP contribution < -0.4 is 0 Å². The van der Waals surface area contributed by atoms with E-state index in [2.05, 4.69) is 16.9 Å². The van der Waals surface area contributed by atoms with Crippen molar-refractivity contribution in [3.8, 4) is 11.8 Å². The van der Waals surface area contributed by atoms with E-state index in [0.29, 0.717) is 0 Å². The standard InChI is InChI=1S/C9H12N2O/c1-3-5-9(12)8-6-10-11(4-2)7-8/h6-7,9,12H,4H2,1-2H3. The van der Waals surface area contributed by atoms with Gasteiger partial charge in [-0.1, -0.05) is 5.92 Å². The summed E-state index contributed by atoms with van der Waals surface area (Å²) in [6.45, 7) is 4.51. The van der Waals surface area contributed by atoms with Gasteiger partial charge >= 0.3 is 0 Å². The Bertz CT molecular complexity index is 306. The van der Waals surface area contributed by atoms with Crippen LogP contribution in [0.25, 0.3) is 0 Å². The molecule has 12 heavy (non-hydrogen) atoms. The number of rotatable bonds is 2. The Hall–Kier alpha value is -1.27. The van der Waals surface area contributed by atoms with Crippen LogP contribution in [0.15, 0.2) is 12.4 Å². The van der Waals surface area contributed by atoms with Crippen molar-refractivity contribution in [3.63, 3.8) is 0 Å². The molecule has 0 aliphatic heterocycles. The maximum atomic E-state index is 9.40. The largest absolute Gasteiger partial charge is 0.376 e. The van der Waals surface area contributed by atoms with Gasteiger partial charge in [-0.05, 0) is 13.8 Å². The summed E-state index contributed by atoms with van der Waals surface area (Å²) < 4.78 is 1.76. The van der Waals surface area contributed by atoms with Crippen LogP contribution in [0.2, 0.25) is 0 Å². The summed E-state index contributed by atoms with van der Waals surface area (Å²) in [6.07, 6.45) is 2.74. The number of hydrogen-bond donors (Lipinski definition) is 1. The van der Waals surface area contributed by atoms with Crippen molar-refractivity contribution in [2.75, 3.05) is 0 Å². The van der Waals surface area contributed by atoms with Gasteiger partial charge in [-0.2, -0.15) is 5.10 Å². The quantitative estimate of drug-likeness (QED) is 0.661. The monoisotopic (exact) mass is 164 g/mol. The summed E-state index contributed by atoms with van der Waals surface area (Å²) in [5.74, 6) is 5.31. The molecule has 3 nitrogen and oxygen atoms in total. The van der Waals surface area contributed by atoms with Gasteiger partial charge in [0, 0.05) is 18.3 Å². The van der Waals surface area contributed by atoms with E-state index in [-0.39, 0.29) is 0 Å². The first-order valence-corrected chi connectivity index (χ1v) is 3.90. The second-order valence-corrected chi connectivity index (χ2v) is 2.43. The number of aliphatic hydroxyl groups is 1. The molecule has 1 atom stereocenters. The average Bonchev–Trinajstić information content (AvgIpc) is 2.52. The zero-order valence-electron chi connectivity index (χ0n) is 7.28. The fourth-order valence-electron chi connectivity index (χ4n) is 0.914. The lowest BCUT2D eigenvalue weighted by molar-refractivity contribution is 0.238. The van der Waals surface area contributed by atoms with Gasteiger partial charge in [0.05, 0.1) is 6.20 Å². The van der Waals surface area contributed by atoms with Gasteiger partial charge in [-0.25, -0.2) is 0 Å². The maximum absolute atomic E-state index is 9.40. The molecule has 0 aliphatic rings. The van der Waals surface area contributed by atoms with E-state index in [1.165, 1.54) is 0 Å². The van der Waals surface area contributed by atoms with Gasteiger partial charge in [0.2, 0.25) is 0 Å². The van der Waals surface area contributed by atoms with Crippen LogP contribution in [0.3, 0.4) is 0 Å². The SMILES string of the molecule is CC#CC(O)c1cnn(CC)c1. The molecule has 0 fully saturated rings. The van der Waals surface area contributed by atoms with Gasteiger partial charge < -0.3 is 5.11 Å². The second-order valence-electron chi connectivity index (χ2n) is 2.43. The lowest BCUT2D eigenvalue weighted by atomic mass is 10.2. The smallest absolute Gasteiger partial charge is 0.143 e. The number of aromatic nitrogens is 2. The zero-order chi connectivity index (χ0) is 8.97. The summed E-state index contributed by atoms with van der Waals surface area (Å²) in [6, 6.07) is 0. The van der Waals surface area contributed by atoms with Crippen LogP contribution in [-0.2, 0) is 6.54 Å². The van der Waals surface area contributed by atoms with Crippen molar-refractivity contribution in [2.45, 2.75) is 26.5 Å². The minimum absolute atomic E-state index is 0.699. The third-order valence-electron chi connectivity index (χ3n) is 1.57. The van der Waals surface area contributed by atoms with E-state index in [4.69, 9.17) is 0 Å². The van der Waals surface area contributed by atoms with Gasteiger partial charge in [-0.3, -0.25) is 4.68 Å². The molecule has 1 unspecified atom stereocenters. The Morgan fingerprint density at radius 3 is 3.00 bits per heavy atom. The maximum Gasteiger partial charge on any atom is 0.143 e. The lowest BCUT2D eigenvalue weighted by Crippen LogP contribution is -1.94. The Morgan fingerprint density at radius 2 is 2.50 bits per heavy atom. The first kappa shape index (κ1) is 8.82. The first-order valence-electron chi connectivity index (χ1n) is 3.90. The van der Waals surface area contributed by atoms with Crippen LogP contribution in [0, 0.1) is 11.8 Å². The molecule has 0 aromatic carbocycles. The zero-order valence-corrected chi connectivity index (χ0v) is 7.28. The van der Waals surface area contributed by atoms with Crippen LogP contribution in [0.1, 0.15) is 25.5 Å². The normalized spacial score (nSPS) is 11.9. The molecular weight excluding hydrogens is 152 g/mol. The highest BCUT2D eigenvalue weighted by atomic mass is 16.3. The topological polar surface area (TPSA) is 38.1 Å². The molecule has 0 saturated heterocycles. The summed E-state index contributed by atoms with van der Waals surface area (Å²) in [4.78, 5) is 0. The van der Waals surface area contributed by atoms with Crippen molar-refractivity contribution < 1.29 is 5.11 Å². The van der Waals surface area contributed by atoms with Gasteiger partial charge in [0.25, 0.3) is 0 Å². The first-order chi connectivity index (χ1) is 5.77. The van der Waals surface area contributed by atoms with E-state index >= 15 is 0 Å². The summed E-state index contributed by atoms with van der Waals surface area (Å²) >= 11 is 0. The minimum Gasteiger partial charge on any atom is -0.376 e. The fourth-order valence-corrected chi connectivity index (χ4v) is 0.914. The average molecular weight is 164 g/mol. The highest BCUT2D eigenvalue weighted by Gasteiger charge is 2.04. The number of hydrogen-bond acceptors (Lipinski definition) is 2. The molecule has 1 N–H and O–H groups in total. The number of aliphatic hydroxyl groups excluding tert-OH is 1. The van der Waals surface area contributed by atoms with Crippen molar-refractivity contribution in [3.05, 3.63) is 18.0 Å². The van der Waals surface area contributed by atoms with Crippen LogP contribution in [-0.4, -0.2) is 14.9 Å². The highest BCUT2D eigenvalue weighted by Crippen LogP contribution is 2.09. The van der Waals surface area contributed by atoms with E-state index in [9.17, 15) is 5.11 Å². The molecule has 1 aromatic heterocycles. The van der Waals surface area contributed by atoms with E-state index in [1.54, 1.807) is 24.0 Å². The summed E-state index contributed by atoms with van der Waals surface area (Å²) in [5.41, 5.74) is 0.756.